The summed E-state index contributed by atoms with van der Waals surface area (Å²) in [6.07, 6.45) is 1.13. The molecule has 234 valence electrons. The van der Waals surface area contributed by atoms with E-state index in [2.05, 4.69) is 20.3 Å². The monoisotopic (exact) mass is 625 g/mol. The van der Waals surface area contributed by atoms with Gasteiger partial charge in [0.1, 0.15) is 0 Å². The second-order valence-electron chi connectivity index (χ2n) is 9.90. The van der Waals surface area contributed by atoms with Crippen LogP contribution in [0.1, 0.15) is 35.0 Å². The highest BCUT2D eigenvalue weighted by molar-refractivity contribution is 6.02. The molecule has 6 rings (SSSR count). The number of aromatic amines is 1. The van der Waals surface area contributed by atoms with Crippen LogP contribution in [0.15, 0.2) is 92.8 Å². The van der Waals surface area contributed by atoms with Crippen LogP contribution in [0.4, 0.5) is 4.79 Å². The molecule has 0 amide bonds. The lowest BCUT2D eigenvalue weighted by Crippen LogP contribution is -2.15. The highest BCUT2D eigenvalue weighted by atomic mass is 16.8. The number of nitrogens with one attached hydrogen (secondary N) is 1. The topological polar surface area (TPSA) is 174 Å². The number of nitrogens with zero attached hydrogens (tertiary/aromatic N) is 4. The van der Waals surface area contributed by atoms with Gasteiger partial charge in [0.25, 0.3) is 6.01 Å². The van der Waals surface area contributed by atoms with E-state index < -0.39 is 24.7 Å². The summed E-state index contributed by atoms with van der Waals surface area (Å²) in [4.78, 5) is 43.8. The standard InChI is InChI=1S/C32H27N5O9/c1-2-16-41-30-34-26-9-5-8-25(29(38)43-19-44-32(40)42-18-22-14-15-33-45-22)27(26)37(30)17-20-10-12-21(13-11-20)23-6-3-4-7-24(23)28-35-31(39)46-36-28/h3-15H,2,16-19H2,1H3,(H,35,36,39). The molecule has 0 atom stereocenters. The number of H-pyrrole nitrogens is 1. The lowest BCUT2D eigenvalue weighted by molar-refractivity contribution is -0.0309. The minimum atomic E-state index is -1.04. The van der Waals surface area contributed by atoms with E-state index in [0.717, 1.165) is 23.1 Å². The van der Waals surface area contributed by atoms with E-state index in [0.29, 0.717) is 47.3 Å². The number of rotatable bonds is 12. The summed E-state index contributed by atoms with van der Waals surface area (Å²) in [6, 6.07) is 22.2. The number of para-hydroxylation sites is 1. The van der Waals surface area contributed by atoms with Crippen molar-refractivity contribution < 1.29 is 37.6 Å². The molecule has 0 aliphatic carbocycles. The molecule has 0 spiro atoms. The van der Waals surface area contributed by atoms with Gasteiger partial charge < -0.3 is 23.5 Å². The number of aromatic nitrogens is 5. The molecular weight excluding hydrogens is 598 g/mol. The molecule has 46 heavy (non-hydrogen) atoms. The molecule has 3 aromatic heterocycles. The molecule has 0 saturated heterocycles. The summed E-state index contributed by atoms with van der Waals surface area (Å²) in [6.45, 7) is 1.89. The van der Waals surface area contributed by atoms with Crippen molar-refractivity contribution in [2.75, 3.05) is 13.4 Å². The normalized spacial score (nSPS) is 11.0. The van der Waals surface area contributed by atoms with E-state index in [-0.39, 0.29) is 12.2 Å². The molecule has 14 nitrogen and oxygen atoms in total. The number of imidazole rings is 1. The summed E-state index contributed by atoms with van der Waals surface area (Å²) < 4.78 is 32.3. The molecule has 1 N–H and O–H groups in total. The Hall–Kier alpha value is -6.18. The van der Waals surface area contributed by atoms with Gasteiger partial charge in [-0.15, -0.1) is 0 Å². The minimum Gasteiger partial charge on any atom is -0.465 e. The second-order valence-corrected chi connectivity index (χ2v) is 9.90. The first-order valence-corrected chi connectivity index (χ1v) is 14.2. The Morgan fingerprint density at radius 3 is 2.48 bits per heavy atom. The average molecular weight is 626 g/mol. The van der Waals surface area contributed by atoms with Gasteiger partial charge in [-0.05, 0) is 35.2 Å². The van der Waals surface area contributed by atoms with Gasteiger partial charge in [-0.25, -0.2) is 14.4 Å². The van der Waals surface area contributed by atoms with Crippen molar-refractivity contribution in [3.63, 3.8) is 0 Å². The summed E-state index contributed by atoms with van der Waals surface area (Å²) in [5.74, 6) is -0.695. The van der Waals surface area contributed by atoms with Crippen LogP contribution in [0, 0.1) is 0 Å². The van der Waals surface area contributed by atoms with Crippen LogP contribution in [0.2, 0.25) is 0 Å². The lowest BCUT2D eigenvalue weighted by atomic mass is 9.98. The number of benzene rings is 3. The first-order chi connectivity index (χ1) is 22.5. The number of hydrogen-bond acceptors (Lipinski definition) is 12. The third-order valence-electron chi connectivity index (χ3n) is 6.81. The second kappa shape index (κ2) is 13.6. The number of carbonyl (C=O) groups excluding carboxylic acids is 2. The Kier molecular flexibility index (Phi) is 8.85. The van der Waals surface area contributed by atoms with Crippen molar-refractivity contribution in [3.05, 3.63) is 106 Å². The van der Waals surface area contributed by atoms with Crippen molar-refractivity contribution in [2.45, 2.75) is 26.5 Å². The first-order valence-electron chi connectivity index (χ1n) is 14.2. The van der Waals surface area contributed by atoms with E-state index in [4.69, 9.17) is 28.0 Å². The van der Waals surface area contributed by atoms with Crippen molar-refractivity contribution in [1.29, 1.82) is 0 Å². The Morgan fingerprint density at radius 2 is 1.74 bits per heavy atom. The predicted molar refractivity (Wildman–Crippen MR) is 161 cm³/mol. The molecule has 0 radical (unpaired) electrons. The zero-order valence-electron chi connectivity index (χ0n) is 24.5. The van der Waals surface area contributed by atoms with Crippen LogP contribution >= 0.6 is 0 Å². The third kappa shape index (κ3) is 6.65. The van der Waals surface area contributed by atoms with Gasteiger partial charge in [-0.3, -0.25) is 14.1 Å². The molecule has 0 saturated carbocycles. The summed E-state index contributed by atoms with van der Waals surface area (Å²) in [7, 11) is 0. The van der Waals surface area contributed by atoms with E-state index in [1.807, 2.05) is 55.5 Å². The van der Waals surface area contributed by atoms with Crippen LogP contribution in [-0.4, -0.2) is 50.4 Å². The molecule has 0 aliphatic heterocycles. The Morgan fingerprint density at radius 1 is 0.913 bits per heavy atom. The molecule has 0 unspecified atom stereocenters. The molecular formula is C32H27N5O9. The maximum Gasteiger partial charge on any atom is 0.511 e. The molecule has 3 heterocycles. The van der Waals surface area contributed by atoms with Crippen LogP contribution in [0.3, 0.4) is 0 Å². The van der Waals surface area contributed by atoms with E-state index in [1.54, 1.807) is 22.8 Å². The third-order valence-corrected chi connectivity index (χ3v) is 6.81. The molecule has 0 bridgehead atoms. The van der Waals surface area contributed by atoms with Gasteiger partial charge >= 0.3 is 17.9 Å². The fourth-order valence-electron chi connectivity index (χ4n) is 4.74. The van der Waals surface area contributed by atoms with E-state index in [1.165, 1.54) is 12.3 Å². The van der Waals surface area contributed by atoms with Gasteiger partial charge in [0.05, 0.1) is 35.9 Å². The lowest BCUT2D eigenvalue weighted by Gasteiger charge is -2.13. The van der Waals surface area contributed by atoms with Crippen molar-refractivity contribution in [2.24, 2.45) is 0 Å². The molecule has 0 fully saturated rings. The van der Waals surface area contributed by atoms with Gasteiger partial charge in [0, 0.05) is 11.6 Å². The molecule has 3 aromatic carbocycles. The number of hydrogen-bond donors (Lipinski definition) is 1. The number of ether oxygens (including phenoxy) is 4. The fourth-order valence-corrected chi connectivity index (χ4v) is 4.74. The Bertz CT molecular complexity index is 2010. The van der Waals surface area contributed by atoms with Crippen LogP contribution in [-0.2, 0) is 27.4 Å². The van der Waals surface area contributed by atoms with Crippen LogP contribution in [0.25, 0.3) is 33.5 Å². The molecule has 0 aliphatic rings. The van der Waals surface area contributed by atoms with Crippen LogP contribution in [0.5, 0.6) is 6.01 Å². The highest BCUT2D eigenvalue weighted by Gasteiger charge is 2.21. The minimum absolute atomic E-state index is 0.179. The maximum atomic E-state index is 13.2. The fraction of sp³-hybridized carbons (Fsp3) is 0.188. The Balaban J connectivity index is 1.22. The van der Waals surface area contributed by atoms with Gasteiger partial charge in [0.15, 0.2) is 18.2 Å². The van der Waals surface area contributed by atoms with Crippen molar-refractivity contribution >= 4 is 23.2 Å². The van der Waals surface area contributed by atoms with Gasteiger partial charge in [-0.2, -0.15) is 4.98 Å². The zero-order valence-corrected chi connectivity index (χ0v) is 24.5. The summed E-state index contributed by atoms with van der Waals surface area (Å²) in [5, 5.41) is 7.35. The first kappa shape index (κ1) is 29.9. The molecule has 6 aromatic rings. The van der Waals surface area contributed by atoms with Crippen molar-refractivity contribution in [3.8, 4) is 28.5 Å². The highest BCUT2D eigenvalue weighted by Crippen LogP contribution is 2.31. The largest absolute Gasteiger partial charge is 0.511 e. The number of carbonyl (C=O) groups is 2. The van der Waals surface area contributed by atoms with E-state index in [9.17, 15) is 14.4 Å². The molecule has 14 heteroatoms. The quantitative estimate of drug-likeness (QED) is 0.137. The Labute approximate surface area is 260 Å². The zero-order chi connectivity index (χ0) is 31.9. The summed E-state index contributed by atoms with van der Waals surface area (Å²) >= 11 is 0. The maximum absolute atomic E-state index is 13.2. The van der Waals surface area contributed by atoms with Gasteiger partial charge in [0.2, 0.25) is 6.79 Å². The SMILES string of the molecule is CCCOc1nc2cccc(C(=O)OCOC(=O)OCc3ccno3)c2n1Cc1ccc(-c2ccccc2-c2noc(=O)[nH]2)cc1. The van der Waals surface area contributed by atoms with E-state index >= 15 is 0 Å². The van der Waals surface area contributed by atoms with Gasteiger partial charge in [-0.1, -0.05) is 71.8 Å². The predicted octanol–water partition coefficient (Wildman–Crippen LogP) is 5.34. The summed E-state index contributed by atoms with van der Waals surface area (Å²) in [5.41, 5.74) is 4.60. The number of esters is 1. The number of fused-ring (bicyclic) bond motifs is 1. The van der Waals surface area contributed by atoms with Crippen LogP contribution < -0.4 is 10.5 Å². The smallest absolute Gasteiger partial charge is 0.465 e. The average Bonchev–Trinajstić information content (AvgIpc) is 3.84. The van der Waals surface area contributed by atoms with Crippen molar-refractivity contribution in [1.82, 2.24) is 24.8 Å².